The number of aliphatic hydroxyl groups excluding tert-OH is 8. The number of rotatable bonds is 77. The molecule has 0 bridgehead atoms. The molecule has 103 heavy (non-hydrogen) atoms. The average Bonchev–Trinajstić information content (AvgIpc) is 0.791. The highest BCUT2D eigenvalue weighted by Crippen LogP contribution is 2.31. The van der Waals surface area contributed by atoms with Gasteiger partial charge in [-0.2, -0.15) is 0 Å². The maximum Gasteiger partial charge on any atom is 0.220 e. The fourth-order valence-electron chi connectivity index (χ4n) is 15.0. The summed E-state index contributed by atoms with van der Waals surface area (Å²) in [5.74, 6) is -0.239. The zero-order chi connectivity index (χ0) is 74.4. The molecule has 0 aromatic rings. The first-order valence-corrected chi connectivity index (χ1v) is 44.7. The number of aliphatic hydroxyl groups is 8. The van der Waals surface area contributed by atoms with Crippen LogP contribution in [0.3, 0.4) is 0 Å². The van der Waals surface area contributed by atoms with E-state index in [4.69, 9.17) is 18.9 Å². The lowest BCUT2D eigenvalue weighted by molar-refractivity contribution is -0.359. The second-order valence-electron chi connectivity index (χ2n) is 31.7. The number of nitrogens with one attached hydrogen (secondary N) is 1. The predicted octanol–water partition coefficient (Wildman–Crippen LogP) is 21.5. The standard InChI is InChI=1S/C89H169NO13/c1-3-5-7-9-11-13-15-17-19-21-23-25-27-29-31-33-34-35-36-37-38-39-40-41-42-43-44-45-47-49-51-53-55-57-59-61-63-65-67-69-71-73-81(94)90-77(76-100-88-86(99)84(97)87(80(75-92)102-88)103-89-85(98)83(96)82(95)79(74-91)101-89)78(93)72-70-68-66-64-62-60-58-56-54-52-50-48-46-32-30-28-26-24-22-20-18-16-14-12-10-8-6-4-2/h21,23,62,64,70,72,77-80,82-89,91-93,95-99H,3-20,22,24-61,63,65-69,71,73-76H2,1-2H3,(H,90,94)/b23-21-,64-62+,72-70+. The van der Waals surface area contributed by atoms with Crippen LogP contribution in [0, 0.1) is 0 Å². The molecule has 0 aromatic carbocycles. The molecule has 0 spiro atoms. The number of ether oxygens (including phenoxy) is 4. The number of hydrogen-bond donors (Lipinski definition) is 9. The van der Waals surface area contributed by atoms with Crippen LogP contribution in [0.2, 0.25) is 0 Å². The van der Waals surface area contributed by atoms with Crippen LogP contribution in [0.1, 0.15) is 431 Å². The first kappa shape index (κ1) is 97.3. The molecule has 2 fully saturated rings. The second kappa shape index (κ2) is 73.0. The summed E-state index contributed by atoms with van der Waals surface area (Å²) in [6.45, 7) is 2.86. The minimum absolute atomic E-state index is 0.239. The summed E-state index contributed by atoms with van der Waals surface area (Å²) in [7, 11) is 0. The monoisotopic (exact) mass is 1460 g/mol. The summed E-state index contributed by atoms with van der Waals surface area (Å²) in [4.78, 5) is 13.4. The molecule has 2 saturated heterocycles. The van der Waals surface area contributed by atoms with Crippen LogP contribution >= 0.6 is 0 Å². The Balaban J connectivity index is 1.55. The minimum Gasteiger partial charge on any atom is -0.394 e. The number of amides is 1. The zero-order valence-electron chi connectivity index (χ0n) is 67.1. The Labute approximate surface area is 633 Å². The van der Waals surface area contributed by atoms with Gasteiger partial charge in [-0.1, -0.05) is 403 Å². The Morgan fingerprint density at radius 2 is 0.621 bits per heavy atom. The van der Waals surface area contributed by atoms with Gasteiger partial charge in [0.2, 0.25) is 5.91 Å². The van der Waals surface area contributed by atoms with Gasteiger partial charge in [0.1, 0.15) is 48.8 Å². The normalized spacial score (nSPS) is 21.7. The molecular formula is C89H169NO13. The molecule has 2 rings (SSSR count). The number of allylic oxidation sites excluding steroid dienone is 5. The summed E-state index contributed by atoms with van der Waals surface area (Å²) in [6, 6.07) is -0.932. The quantitative estimate of drug-likeness (QED) is 0.0204. The fraction of sp³-hybridized carbons (Fsp3) is 0.921. The molecule has 1 amide bonds. The van der Waals surface area contributed by atoms with Crippen molar-refractivity contribution in [3.05, 3.63) is 36.5 Å². The Bertz CT molecular complexity index is 1870. The Morgan fingerprint density at radius 3 is 0.951 bits per heavy atom. The first-order valence-electron chi connectivity index (χ1n) is 44.7. The molecule has 14 heteroatoms. The van der Waals surface area contributed by atoms with Crippen molar-refractivity contribution in [2.75, 3.05) is 19.8 Å². The molecule has 12 unspecified atom stereocenters. The highest BCUT2D eigenvalue weighted by atomic mass is 16.7. The van der Waals surface area contributed by atoms with E-state index in [0.29, 0.717) is 12.8 Å². The van der Waals surface area contributed by atoms with E-state index in [2.05, 4.69) is 43.5 Å². The Morgan fingerprint density at radius 1 is 0.340 bits per heavy atom. The molecule has 12 atom stereocenters. The van der Waals surface area contributed by atoms with Crippen molar-refractivity contribution in [2.45, 2.75) is 505 Å². The Kier molecular flexibility index (Phi) is 69.0. The maximum atomic E-state index is 13.4. The molecule has 608 valence electrons. The Hall–Kier alpha value is -1.79. The van der Waals surface area contributed by atoms with Gasteiger partial charge in [0.05, 0.1) is 32.0 Å². The third-order valence-electron chi connectivity index (χ3n) is 22.0. The first-order chi connectivity index (χ1) is 50.6. The highest BCUT2D eigenvalue weighted by Gasteiger charge is 2.51. The fourth-order valence-corrected chi connectivity index (χ4v) is 15.0. The van der Waals surface area contributed by atoms with Crippen molar-refractivity contribution in [2.24, 2.45) is 0 Å². The van der Waals surface area contributed by atoms with Gasteiger partial charge in [0.25, 0.3) is 0 Å². The van der Waals surface area contributed by atoms with Gasteiger partial charge < -0.3 is 65.1 Å². The van der Waals surface area contributed by atoms with Gasteiger partial charge in [0.15, 0.2) is 12.6 Å². The van der Waals surface area contributed by atoms with Crippen molar-refractivity contribution in [3.8, 4) is 0 Å². The van der Waals surface area contributed by atoms with Crippen molar-refractivity contribution >= 4 is 5.91 Å². The van der Waals surface area contributed by atoms with Crippen molar-refractivity contribution in [1.82, 2.24) is 5.32 Å². The van der Waals surface area contributed by atoms with Gasteiger partial charge in [-0.05, 0) is 57.8 Å². The summed E-state index contributed by atoms with van der Waals surface area (Å²) < 4.78 is 22.9. The second-order valence-corrected chi connectivity index (χ2v) is 31.7. The molecule has 14 nitrogen and oxygen atoms in total. The van der Waals surface area contributed by atoms with Crippen molar-refractivity contribution in [3.63, 3.8) is 0 Å². The molecule has 2 aliphatic heterocycles. The van der Waals surface area contributed by atoms with E-state index in [0.717, 1.165) is 32.1 Å². The lowest BCUT2D eigenvalue weighted by Crippen LogP contribution is -2.65. The van der Waals surface area contributed by atoms with Crippen LogP contribution in [0.25, 0.3) is 0 Å². The van der Waals surface area contributed by atoms with E-state index < -0.39 is 86.8 Å². The maximum absolute atomic E-state index is 13.4. The van der Waals surface area contributed by atoms with E-state index in [-0.39, 0.29) is 18.9 Å². The smallest absolute Gasteiger partial charge is 0.220 e. The molecule has 2 heterocycles. The van der Waals surface area contributed by atoms with E-state index in [1.165, 1.54) is 366 Å². The average molecular weight is 1460 g/mol. The van der Waals surface area contributed by atoms with E-state index in [1.54, 1.807) is 6.08 Å². The van der Waals surface area contributed by atoms with Crippen molar-refractivity contribution < 1.29 is 64.6 Å². The van der Waals surface area contributed by atoms with E-state index >= 15 is 0 Å². The summed E-state index contributed by atoms with van der Waals surface area (Å²) >= 11 is 0. The summed E-state index contributed by atoms with van der Waals surface area (Å²) in [6.07, 6.45) is 81.4. The van der Waals surface area contributed by atoms with E-state index in [1.807, 2.05) is 6.08 Å². The van der Waals surface area contributed by atoms with Crippen molar-refractivity contribution in [1.29, 1.82) is 0 Å². The molecule has 0 aliphatic carbocycles. The van der Waals surface area contributed by atoms with E-state index in [9.17, 15) is 45.6 Å². The van der Waals surface area contributed by atoms with Gasteiger partial charge in [-0.25, -0.2) is 0 Å². The van der Waals surface area contributed by atoms with Crippen LogP contribution in [-0.4, -0.2) is 140 Å². The molecular weight excluding hydrogens is 1290 g/mol. The van der Waals surface area contributed by atoms with Gasteiger partial charge in [-0.3, -0.25) is 4.79 Å². The summed E-state index contributed by atoms with van der Waals surface area (Å²) in [5.41, 5.74) is 0. The van der Waals surface area contributed by atoms with Crippen LogP contribution in [0.5, 0.6) is 0 Å². The lowest BCUT2D eigenvalue weighted by atomic mass is 9.97. The predicted molar refractivity (Wildman–Crippen MR) is 429 cm³/mol. The highest BCUT2D eigenvalue weighted by molar-refractivity contribution is 5.76. The van der Waals surface area contributed by atoms with Gasteiger partial charge >= 0.3 is 0 Å². The van der Waals surface area contributed by atoms with Gasteiger partial charge in [-0.15, -0.1) is 0 Å². The largest absolute Gasteiger partial charge is 0.394 e. The SMILES string of the molecule is CCCCCCCCCC/C=C\CCCCCCCCCCCCCCCCCCCCCCCCCCCCCCCC(=O)NC(COC1OC(CO)C(OC2OC(CO)C(O)C(O)C2O)C(O)C1O)C(O)/C=C/CC/C=C/CCCCCCCCCCCCCCCCCCCCCCCC. The lowest BCUT2D eigenvalue weighted by Gasteiger charge is -2.46. The molecule has 0 radical (unpaired) electrons. The molecule has 2 aliphatic rings. The topological polar surface area (TPSA) is 228 Å². The van der Waals surface area contributed by atoms with Gasteiger partial charge in [0, 0.05) is 6.42 Å². The summed E-state index contributed by atoms with van der Waals surface area (Å²) in [5, 5.41) is 87.8. The van der Waals surface area contributed by atoms with Crippen LogP contribution in [0.4, 0.5) is 0 Å². The zero-order valence-corrected chi connectivity index (χ0v) is 67.1. The van der Waals surface area contributed by atoms with Crippen LogP contribution < -0.4 is 5.32 Å². The van der Waals surface area contributed by atoms with Crippen LogP contribution in [-0.2, 0) is 23.7 Å². The van der Waals surface area contributed by atoms with Crippen LogP contribution in [0.15, 0.2) is 36.5 Å². The minimum atomic E-state index is -1.79. The number of unbranched alkanes of at least 4 members (excludes halogenated alkanes) is 60. The number of hydrogen-bond acceptors (Lipinski definition) is 13. The third-order valence-corrected chi connectivity index (χ3v) is 22.0. The number of carbonyl (C=O) groups is 1. The molecule has 0 saturated carbocycles. The third kappa shape index (κ3) is 55.3. The number of carbonyl (C=O) groups excluding carboxylic acids is 1. The molecule has 9 N–H and O–H groups in total. The molecule has 0 aromatic heterocycles.